The summed E-state index contributed by atoms with van der Waals surface area (Å²) in [7, 11) is 1.92. The number of pyridine rings is 1. The minimum atomic E-state index is -0.378. The maximum Gasteiger partial charge on any atom is 0.137 e. The summed E-state index contributed by atoms with van der Waals surface area (Å²) in [4.78, 5) is 13.3. The molecule has 2 aromatic heterocycles. The Bertz CT molecular complexity index is 1260. The molecule has 0 atom stereocenters. The largest absolute Gasteiger partial charge is 0.508 e. The van der Waals surface area contributed by atoms with Crippen LogP contribution in [-0.2, 0) is 13.1 Å². The molecular weight excluding hydrogens is 393 g/mol. The van der Waals surface area contributed by atoms with Crippen molar-refractivity contribution in [2.75, 3.05) is 12.4 Å². The SMILES string of the molecule is CNCc1ccc(-c2cnc(NCc3c(F)ccc(O)c3C)c3cncnc23)c(C)c1. The summed E-state index contributed by atoms with van der Waals surface area (Å²) >= 11 is 0. The van der Waals surface area contributed by atoms with E-state index in [9.17, 15) is 9.50 Å². The van der Waals surface area contributed by atoms with E-state index in [1.54, 1.807) is 19.3 Å². The third-order valence-corrected chi connectivity index (χ3v) is 5.45. The lowest BCUT2D eigenvalue weighted by molar-refractivity contribution is 0.467. The average molecular weight is 417 g/mol. The van der Waals surface area contributed by atoms with Gasteiger partial charge in [-0.2, -0.15) is 0 Å². The number of anilines is 1. The highest BCUT2D eigenvalue weighted by Crippen LogP contribution is 2.32. The lowest BCUT2D eigenvalue weighted by atomic mass is 9.98. The number of hydrogen-bond donors (Lipinski definition) is 3. The maximum atomic E-state index is 14.3. The van der Waals surface area contributed by atoms with Gasteiger partial charge in [0.25, 0.3) is 0 Å². The number of halogens is 1. The number of fused-ring (bicyclic) bond motifs is 1. The van der Waals surface area contributed by atoms with Crippen LogP contribution in [-0.4, -0.2) is 27.1 Å². The van der Waals surface area contributed by atoms with Crippen LogP contribution in [0.2, 0.25) is 0 Å². The van der Waals surface area contributed by atoms with Gasteiger partial charge in [0.1, 0.15) is 23.7 Å². The number of aromatic hydroxyl groups is 1. The number of phenols is 1. The smallest absolute Gasteiger partial charge is 0.137 e. The Hall–Kier alpha value is -3.58. The zero-order valence-corrected chi connectivity index (χ0v) is 17.7. The van der Waals surface area contributed by atoms with Gasteiger partial charge in [0.2, 0.25) is 0 Å². The highest BCUT2D eigenvalue weighted by atomic mass is 19.1. The second kappa shape index (κ2) is 8.65. The van der Waals surface area contributed by atoms with Gasteiger partial charge in [-0.3, -0.25) is 0 Å². The minimum Gasteiger partial charge on any atom is -0.508 e. The molecule has 158 valence electrons. The van der Waals surface area contributed by atoms with Gasteiger partial charge in [0.15, 0.2) is 0 Å². The molecule has 0 aliphatic heterocycles. The van der Waals surface area contributed by atoms with Crippen molar-refractivity contribution >= 4 is 16.7 Å². The van der Waals surface area contributed by atoms with Crippen molar-refractivity contribution in [3.05, 3.63) is 77.1 Å². The second-order valence-electron chi connectivity index (χ2n) is 7.51. The van der Waals surface area contributed by atoms with Gasteiger partial charge in [-0.15, -0.1) is 0 Å². The lowest BCUT2D eigenvalue weighted by Gasteiger charge is -2.15. The molecule has 4 rings (SSSR count). The van der Waals surface area contributed by atoms with E-state index in [0.717, 1.165) is 34.1 Å². The van der Waals surface area contributed by atoms with E-state index in [4.69, 9.17) is 0 Å². The van der Waals surface area contributed by atoms with Crippen LogP contribution in [0.5, 0.6) is 5.75 Å². The zero-order valence-electron chi connectivity index (χ0n) is 17.7. The number of nitrogens with zero attached hydrogens (tertiary/aromatic N) is 3. The van der Waals surface area contributed by atoms with Crippen LogP contribution < -0.4 is 10.6 Å². The number of phenolic OH excluding ortho intramolecular Hbond substituents is 1. The fourth-order valence-corrected chi connectivity index (χ4v) is 3.76. The van der Waals surface area contributed by atoms with Gasteiger partial charge in [0.05, 0.1) is 10.9 Å². The van der Waals surface area contributed by atoms with Gasteiger partial charge in [-0.05, 0) is 55.3 Å². The molecule has 2 aromatic carbocycles. The predicted octanol–water partition coefficient (Wildman–Crippen LogP) is 4.48. The number of aryl methyl sites for hydroxylation is 1. The van der Waals surface area contributed by atoms with E-state index >= 15 is 0 Å². The molecule has 0 unspecified atom stereocenters. The summed E-state index contributed by atoms with van der Waals surface area (Å²) in [5.41, 5.74) is 5.97. The zero-order chi connectivity index (χ0) is 22.0. The summed E-state index contributed by atoms with van der Waals surface area (Å²) in [5.74, 6) is 0.245. The van der Waals surface area contributed by atoms with Gasteiger partial charge >= 0.3 is 0 Å². The first-order chi connectivity index (χ1) is 15.0. The molecule has 0 fully saturated rings. The molecular formula is C24H24FN5O. The number of aromatic nitrogens is 3. The van der Waals surface area contributed by atoms with Crippen molar-refractivity contribution in [2.24, 2.45) is 0 Å². The molecule has 0 saturated heterocycles. The van der Waals surface area contributed by atoms with Gasteiger partial charge in [0, 0.05) is 36.6 Å². The third-order valence-electron chi connectivity index (χ3n) is 5.45. The standard InChI is InChI=1S/C24H24FN5O/c1-14-8-16(9-26-3)4-5-17(14)19-12-29-24(20-10-27-13-30-23(19)20)28-11-18-15(2)22(31)7-6-21(18)25/h4-8,10,12-13,26,31H,9,11H2,1-3H3,(H,28,29). The molecule has 0 amide bonds. The van der Waals surface area contributed by atoms with E-state index in [1.165, 1.54) is 24.0 Å². The summed E-state index contributed by atoms with van der Waals surface area (Å²) in [6.07, 6.45) is 5.00. The molecule has 4 aromatic rings. The van der Waals surface area contributed by atoms with Crippen LogP contribution in [0.3, 0.4) is 0 Å². The van der Waals surface area contributed by atoms with E-state index in [1.807, 2.05) is 7.05 Å². The first-order valence-corrected chi connectivity index (χ1v) is 10.0. The van der Waals surface area contributed by atoms with Crippen molar-refractivity contribution in [2.45, 2.75) is 26.9 Å². The second-order valence-corrected chi connectivity index (χ2v) is 7.51. The fraction of sp³-hybridized carbons (Fsp3) is 0.208. The van der Waals surface area contributed by atoms with Crippen LogP contribution in [0.4, 0.5) is 10.2 Å². The summed E-state index contributed by atoms with van der Waals surface area (Å²) in [6.45, 7) is 4.74. The third kappa shape index (κ3) is 4.04. The number of hydrogen-bond acceptors (Lipinski definition) is 6. The maximum absolute atomic E-state index is 14.3. The molecule has 7 heteroatoms. The van der Waals surface area contributed by atoms with Crippen molar-refractivity contribution in [1.82, 2.24) is 20.3 Å². The van der Waals surface area contributed by atoms with Crippen molar-refractivity contribution in [3.8, 4) is 16.9 Å². The van der Waals surface area contributed by atoms with E-state index in [-0.39, 0.29) is 18.1 Å². The first kappa shape index (κ1) is 20.7. The highest BCUT2D eigenvalue weighted by molar-refractivity contribution is 5.99. The summed E-state index contributed by atoms with van der Waals surface area (Å²) < 4.78 is 14.3. The molecule has 6 nitrogen and oxygen atoms in total. The van der Waals surface area contributed by atoms with Crippen LogP contribution in [0.25, 0.3) is 22.0 Å². The van der Waals surface area contributed by atoms with Crippen molar-refractivity contribution in [3.63, 3.8) is 0 Å². The summed E-state index contributed by atoms with van der Waals surface area (Å²) in [5, 5.41) is 17.0. The monoisotopic (exact) mass is 417 g/mol. The van der Waals surface area contributed by atoms with Crippen LogP contribution in [0, 0.1) is 19.7 Å². The Kier molecular flexibility index (Phi) is 5.77. The van der Waals surface area contributed by atoms with E-state index in [2.05, 4.69) is 50.7 Å². The molecule has 0 aliphatic rings. The van der Waals surface area contributed by atoms with Crippen LogP contribution in [0.1, 0.15) is 22.3 Å². The molecule has 0 bridgehead atoms. The fourth-order valence-electron chi connectivity index (χ4n) is 3.76. The van der Waals surface area contributed by atoms with E-state index < -0.39 is 0 Å². The van der Waals surface area contributed by atoms with Crippen LogP contribution in [0.15, 0.2) is 49.1 Å². The van der Waals surface area contributed by atoms with Crippen molar-refractivity contribution < 1.29 is 9.50 Å². The Morgan fingerprint density at radius 3 is 2.61 bits per heavy atom. The molecule has 31 heavy (non-hydrogen) atoms. The molecule has 0 aliphatic carbocycles. The Morgan fingerprint density at radius 2 is 1.84 bits per heavy atom. The van der Waals surface area contributed by atoms with Gasteiger partial charge in [-0.1, -0.05) is 18.2 Å². The predicted molar refractivity (Wildman–Crippen MR) is 120 cm³/mol. The molecule has 0 radical (unpaired) electrons. The molecule has 0 saturated carbocycles. The molecule has 0 spiro atoms. The normalized spacial score (nSPS) is 11.1. The number of rotatable bonds is 6. The quantitative estimate of drug-likeness (QED) is 0.429. The highest BCUT2D eigenvalue weighted by Gasteiger charge is 2.15. The minimum absolute atomic E-state index is 0.0619. The summed E-state index contributed by atoms with van der Waals surface area (Å²) in [6, 6.07) is 8.94. The topological polar surface area (TPSA) is 83.0 Å². The lowest BCUT2D eigenvalue weighted by Crippen LogP contribution is -2.07. The Balaban J connectivity index is 1.72. The van der Waals surface area contributed by atoms with Crippen LogP contribution >= 0.6 is 0 Å². The number of nitrogens with one attached hydrogen (secondary N) is 2. The number of benzene rings is 2. The Morgan fingerprint density at radius 1 is 1.00 bits per heavy atom. The molecule has 3 N–H and O–H groups in total. The van der Waals surface area contributed by atoms with Crippen molar-refractivity contribution in [1.29, 1.82) is 0 Å². The average Bonchev–Trinajstić information content (AvgIpc) is 2.77. The molecule has 2 heterocycles. The van der Waals surface area contributed by atoms with Gasteiger partial charge < -0.3 is 15.7 Å². The first-order valence-electron chi connectivity index (χ1n) is 10.0. The Labute approximate surface area is 180 Å². The van der Waals surface area contributed by atoms with Gasteiger partial charge in [-0.25, -0.2) is 19.3 Å². The van der Waals surface area contributed by atoms with E-state index in [0.29, 0.717) is 16.9 Å².